The van der Waals surface area contributed by atoms with Gasteiger partial charge in [-0.25, -0.2) is 0 Å². The third-order valence-electron chi connectivity index (χ3n) is 2.78. The predicted molar refractivity (Wildman–Crippen MR) is 58.4 cm³/mol. The van der Waals surface area contributed by atoms with E-state index in [4.69, 9.17) is 14.2 Å². The van der Waals surface area contributed by atoms with Crippen molar-refractivity contribution < 1.29 is 14.2 Å². The second-order valence-electron chi connectivity index (χ2n) is 4.00. The van der Waals surface area contributed by atoms with Crippen LogP contribution in [0.2, 0.25) is 0 Å². The van der Waals surface area contributed by atoms with Crippen LogP contribution < -0.4 is 9.47 Å². The zero-order chi connectivity index (χ0) is 10.5. The second-order valence-corrected chi connectivity index (χ2v) is 4.86. The van der Waals surface area contributed by atoms with Gasteiger partial charge in [0.2, 0.25) is 0 Å². The van der Waals surface area contributed by atoms with Crippen molar-refractivity contribution in [1.29, 1.82) is 0 Å². The molecule has 1 unspecified atom stereocenters. The molecule has 80 valence electrons. The van der Waals surface area contributed by atoms with Crippen LogP contribution in [0.4, 0.5) is 0 Å². The molecule has 0 aromatic heterocycles. The first-order valence-electron chi connectivity index (χ1n) is 4.93. The molecule has 2 heterocycles. The number of ether oxygens (including phenoxy) is 3. The van der Waals surface area contributed by atoms with Gasteiger partial charge >= 0.3 is 0 Å². The zero-order valence-corrected chi connectivity index (χ0v) is 9.96. The van der Waals surface area contributed by atoms with Crippen LogP contribution in [0.15, 0.2) is 16.6 Å². The molecule has 1 aromatic carbocycles. The van der Waals surface area contributed by atoms with Crippen LogP contribution in [0.25, 0.3) is 0 Å². The largest absolute Gasteiger partial charge is 0.486 e. The van der Waals surface area contributed by atoms with Crippen molar-refractivity contribution in [1.82, 2.24) is 0 Å². The summed E-state index contributed by atoms with van der Waals surface area (Å²) in [6, 6.07) is 4.05. The molecule has 1 saturated heterocycles. The summed E-state index contributed by atoms with van der Waals surface area (Å²) in [5.41, 5.74) is 1.01. The third-order valence-corrected chi connectivity index (χ3v) is 3.37. The number of rotatable bonds is 1. The second kappa shape index (κ2) is 3.12. The van der Waals surface area contributed by atoms with Gasteiger partial charge in [0.05, 0.1) is 11.1 Å². The smallest absolute Gasteiger partial charge is 0.175 e. The van der Waals surface area contributed by atoms with Crippen molar-refractivity contribution in [3.8, 4) is 11.5 Å². The van der Waals surface area contributed by atoms with Gasteiger partial charge in [-0.3, -0.25) is 0 Å². The summed E-state index contributed by atoms with van der Waals surface area (Å²) in [5.74, 6) is 1.61. The molecule has 0 radical (unpaired) electrons. The first-order valence-corrected chi connectivity index (χ1v) is 5.72. The fourth-order valence-corrected chi connectivity index (χ4v) is 2.25. The molecule has 0 saturated carbocycles. The van der Waals surface area contributed by atoms with E-state index in [-0.39, 0.29) is 5.60 Å². The van der Waals surface area contributed by atoms with Crippen LogP contribution in [-0.2, 0) is 10.3 Å². The van der Waals surface area contributed by atoms with E-state index < -0.39 is 0 Å². The summed E-state index contributed by atoms with van der Waals surface area (Å²) in [6.07, 6.45) is 0. The summed E-state index contributed by atoms with van der Waals surface area (Å²) >= 11 is 3.49. The SMILES string of the molecule is CC1(c2cc(Br)c3c(c2)OCCO3)CO1. The summed E-state index contributed by atoms with van der Waals surface area (Å²) in [5, 5.41) is 0. The van der Waals surface area contributed by atoms with Crippen molar-refractivity contribution in [2.75, 3.05) is 19.8 Å². The van der Waals surface area contributed by atoms with Crippen LogP contribution in [0.1, 0.15) is 12.5 Å². The van der Waals surface area contributed by atoms with Crippen molar-refractivity contribution in [3.05, 3.63) is 22.2 Å². The lowest BCUT2D eigenvalue weighted by Gasteiger charge is -2.21. The Balaban J connectivity index is 2.08. The van der Waals surface area contributed by atoms with Crippen molar-refractivity contribution in [2.24, 2.45) is 0 Å². The average Bonchev–Trinajstić information content (AvgIpc) is 2.98. The average molecular weight is 271 g/mol. The number of epoxide rings is 1. The minimum Gasteiger partial charge on any atom is -0.486 e. The van der Waals surface area contributed by atoms with E-state index in [9.17, 15) is 0 Å². The molecule has 0 spiro atoms. The van der Waals surface area contributed by atoms with Crippen molar-refractivity contribution in [3.63, 3.8) is 0 Å². The highest BCUT2D eigenvalue weighted by atomic mass is 79.9. The molecule has 2 aliphatic heterocycles. The highest BCUT2D eigenvalue weighted by Gasteiger charge is 2.42. The van der Waals surface area contributed by atoms with Gasteiger partial charge in [-0.1, -0.05) is 0 Å². The normalized spacial score (nSPS) is 27.6. The molecule has 1 atom stereocenters. The van der Waals surface area contributed by atoms with Crippen molar-refractivity contribution >= 4 is 15.9 Å². The molecular formula is C11H11BrO3. The van der Waals surface area contributed by atoms with Gasteiger partial charge in [-0.2, -0.15) is 0 Å². The molecule has 1 aromatic rings. The summed E-state index contributed by atoms with van der Waals surface area (Å²) in [4.78, 5) is 0. The van der Waals surface area contributed by atoms with Gasteiger partial charge in [0.25, 0.3) is 0 Å². The summed E-state index contributed by atoms with van der Waals surface area (Å²) in [6.45, 7) is 4.07. The van der Waals surface area contributed by atoms with Crippen LogP contribution in [0.3, 0.4) is 0 Å². The Bertz CT molecular complexity index is 413. The number of hydrogen-bond donors (Lipinski definition) is 0. The highest BCUT2D eigenvalue weighted by molar-refractivity contribution is 9.10. The number of halogens is 1. The summed E-state index contributed by atoms with van der Waals surface area (Å²) in [7, 11) is 0. The molecule has 0 N–H and O–H groups in total. The third kappa shape index (κ3) is 1.52. The van der Waals surface area contributed by atoms with E-state index in [0.717, 1.165) is 28.1 Å². The van der Waals surface area contributed by atoms with Gasteiger partial charge in [0, 0.05) is 0 Å². The van der Waals surface area contributed by atoms with Gasteiger partial charge in [-0.15, -0.1) is 0 Å². The molecule has 0 aliphatic carbocycles. The Hall–Kier alpha value is -0.740. The standard InChI is InChI=1S/C11H11BrO3/c1-11(6-15-11)7-4-8(12)10-9(5-7)13-2-3-14-10/h4-5H,2-3,6H2,1H3. The van der Waals surface area contributed by atoms with E-state index in [2.05, 4.69) is 22.9 Å². The fraction of sp³-hybridized carbons (Fsp3) is 0.455. The number of fused-ring (bicyclic) bond motifs is 1. The Labute approximate surface area is 96.5 Å². The molecule has 1 fully saturated rings. The zero-order valence-electron chi connectivity index (χ0n) is 8.38. The van der Waals surface area contributed by atoms with Crippen LogP contribution in [-0.4, -0.2) is 19.8 Å². The van der Waals surface area contributed by atoms with Crippen molar-refractivity contribution in [2.45, 2.75) is 12.5 Å². The lowest BCUT2D eigenvalue weighted by atomic mass is 10.0. The first kappa shape index (κ1) is 9.48. The highest BCUT2D eigenvalue weighted by Crippen LogP contribution is 2.45. The number of hydrogen-bond acceptors (Lipinski definition) is 3. The fourth-order valence-electron chi connectivity index (χ4n) is 1.69. The van der Waals surface area contributed by atoms with Gasteiger partial charge in [-0.05, 0) is 40.5 Å². The molecule has 2 aliphatic rings. The monoisotopic (exact) mass is 270 g/mol. The lowest BCUT2D eigenvalue weighted by Crippen LogP contribution is -2.16. The molecule has 15 heavy (non-hydrogen) atoms. The molecule has 3 nitrogen and oxygen atoms in total. The van der Waals surface area contributed by atoms with E-state index in [0.29, 0.717) is 13.2 Å². The molecule has 3 rings (SSSR count). The topological polar surface area (TPSA) is 31.0 Å². The Morgan fingerprint density at radius 2 is 2.00 bits per heavy atom. The van der Waals surface area contributed by atoms with E-state index in [1.165, 1.54) is 0 Å². The van der Waals surface area contributed by atoms with E-state index in [1.807, 2.05) is 12.1 Å². The number of benzene rings is 1. The predicted octanol–water partition coefficient (Wildman–Crippen LogP) is 2.47. The Morgan fingerprint density at radius 1 is 1.27 bits per heavy atom. The van der Waals surface area contributed by atoms with Gasteiger partial charge in [0.15, 0.2) is 11.5 Å². The van der Waals surface area contributed by atoms with Gasteiger partial charge in [0.1, 0.15) is 18.8 Å². The molecule has 0 bridgehead atoms. The molecule has 4 heteroatoms. The first-order chi connectivity index (χ1) is 7.19. The quantitative estimate of drug-likeness (QED) is 0.735. The maximum Gasteiger partial charge on any atom is 0.175 e. The molecule has 0 amide bonds. The van der Waals surface area contributed by atoms with Crippen LogP contribution in [0.5, 0.6) is 11.5 Å². The maximum atomic E-state index is 5.56. The maximum absolute atomic E-state index is 5.56. The van der Waals surface area contributed by atoms with Gasteiger partial charge < -0.3 is 14.2 Å². The van der Waals surface area contributed by atoms with E-state index >= 15 is 0 Å². The minimum atomic E-state index is -0.127. The van der Waals surface area contributed by atoms with E-state index in [1.54, 1.807) is 0 Å². The Kier molecular flexibility index (Phi) is 1.97. The van der Waals surface area contributed by atoms with Crippen LogP contribution in [0, 0.1) is 0 Å². The van der Waals surface area contributed by atoms with Crippen LogP contribution >= 0.6 is 15.9 Å². The lowest BCUT2D eigenvalue weighted by molar-refractivity contribution is 0.169. The minimum absolute atomic E-state index is 0.127. The summed E-state index contributed by atoms with van der Waals surface area (Å²) < 4.78 is 17.4. The Morgan fingerprint density at radius 3 is 2.73 bits per heavy atom. The molecular weight excluding hydrogens is 260 g/mol.